The van der Waals surface area contributed by atoms with E-state index < -0.39 is 0 Å². The minimum Gasteiger partial charge on any atom is -0.353 e. The Balaban J connectivity index is 2.13. The predicted octanol–water partition coefficient (Wildman–Crippen LogP) is 3.65. The van der Waals surface area contributed by atoms with Crippen molar-refractivity contribution in [3.63, 3.8) is 0 Å². The molecule has 3 rings (SSSR count). The van der Waals surface area contributed by atoms with E-state index in [4.69, 9.17) is 0 Å². The van der Waals surface area contributed by atoms with Gasteiger partial charge in [0.25, 0.3) is 0 Å². The first-order valence-electron chi connectivity index (χ1n) is 6.17. The summed E-state index contributed by atoms with van der Waals surface area (Å²) in [7, 11) is 0. The Morgan fingerprint density at radius 3 is 2.86 bits per heavy atom. The van der Waals surface area contributed by atoms with Gasteiger partial charge in [-0.3, -0.25) is 4.79 Å². The number of benzene rings is 1. The summed E-state index contributed by atoms with van der Waals surface area (Å²) in [5.41, 5.74) is 1.62. The minimum atomic E-state index is -0.277. The molecule has 3 aromatic rings. The molecule has 2 N–H and O–H groups in total. The molecule has 104 valence electrons. The summed E-state index contributed by atoms with van der Waals surface area (Å²) in [6, 6.07) is 9.85. The molecule has 0 saturated heterocycles. The number of nitrogens with zero attached hydrogens (tertiary/aromatic N) is 1. The number of aryl methyl sites for hydroxylation is 1. The van der Waals surface area contributed by atoms with Crippen molar-refractivity contribution >= 4 is 32.9 Å². The lowest BCUT2D eigenvalue weighted by Gasteiger charge is -2.07. The number of aromatic amines is 1. The highest BCUT2D eigenvalue weighted by Gasteiger charge is 2.13. The van der Waals surface area contributed by atoms with Crippen LogP contribution in [0, 0.1) is 24.1 Å². The maximum absolute atomic E-state index is 13.3. The highest BCUT2D eigenvalue weighted by molar-refractivity contribution is 7.19. The van der Waals surface area contributed by atoms with E-state index in [0.717, 1.165) is 5.39 Å². The summed E-state index contributed by atoms with van der Waals surface area (Å²) in [5, 5.41) is 13.1. The van der Waals surface area contributed by atoms with Crippen LogP contribution in [-0.4, -0.2) is 4.98 Å². The molecular weight excluding hydrogens is 289 g/mol. The van der Waals surface area contributed by atoms with E-state index in [0.29, 0.717) is 26.6 Å². The van der Waals surface area contributed by atoms with Crippen LogP contribution < -0.4 is 10.9 Å². The first-order chi connectivity index (χ1) is 10.1. The molecule has 4 nitrogen and oxygen atoms in total. The lowest BCUT2D eigenvalue weighted by atomic mass is 10.2. The summed E-state index contributed by atoms with van der Waals surface area (Å²) in [5.74, 6) is -0.277. The largest absolute Gasteiger partial charge is 0.353 e. The van der Waals surface area contributed by atoms with Crippen molar-refractivity contribution in [2.75, 3.05) is 5.32 Å². The Labute approximate surface area is 123 Å². The molecule has 0 aliphatic heterocycles. The number of pyridine rings is 1. The number of rotatable bonds is 2. The van der Waals surface area contributed by atoms with Gasteiger partial charge in [0.2, 0.25) is 5.56 Å². The molecule has 0 aliphatic rings. The van der Waals surface area contributed by atoms with Crippen molar-refractivity contribution < 1.29 is 4.39 Å². The van der Waals surface area contributed by atoms with Crippen LogP contribution in [0.5, 0.6) is 0 Å². The van der Waals surface area contributed by atoms with Gasteiger partial charge >= 0.3 is 0 Å². The molecule has 0 bridgehead atoms. The van der Waals surface area contributed by atoms with Crippen molar-refractivity contribution in [2.45, 2.75) is 6.92 Å². The molecule has 6 heteroatoms. The van der Waals surface area contributed by atoms with Crippen molar-refractivity contribution in [3.05, 3.63) is 56.9 Å². The molecule has 2 aromatic heterocycles. The second-order valence-corrected chi connectivity index (χ2v) is 5.59. The smallest absolute Gasteiger partial charge is 0.249 e. The van der Waals surface area contributed by atoms with Gasteiger partial charge in [-0.25, -0.2) is 4.39 Å². The van der Waals surface area contributed by atoms with Gasteiger partial charge in [0.1, 0.15) is 21.6 Å². The Kier molecular flexibility index (Phi) is 3.20. The Morgan fingerprint density at radius 1 is 1.33 bits per heavy atom. The lowest BCUT2D eigenvalue weighted by Crippen LogP contribution is -2.01. The molecule has 1 aromatic carbocycles. The summed E-state index contributed by atoms with van der Waals surface area (Å²) < 4.78 is 13.3. The van der Waals surface area contributed by atoms with Gasteiger partial charge in [0.15, 0.2) is 0 Å². The number of hydrogen-bond acceptors (Lipinski definition) is 4. The van der Waals surface area contributed by atoms with Crippen LogP contribution in [0.3, 0.4) is 0 Å². The van der Waals surface area contributed by atoms with Crippen LogP contribution >= 0.6 is 11.3 Å². The Morgan fingerprint density at radius 2 is 2.14 bits per heavy atom. The van der Waals surface area contributed by atoms with E-state index >= 15 is 0 Å². The molecule has 21 heavy (non-hydrogen) atoms. The van der Waals surface area contributed by atoms with Gasteiger partial charge in [0, 0.05) is 17.1 Å². The number of fused-ring (bicyclic) bond motifs is 1. The van der Waals surface area contributed by atoms with E-state index in [9.17, 15) is 14.4 Å². The zero-order valence-corrected chi connectivity index (χ0v) is 11.8. The maximum atomic E-state index is 13.3. The Bertz CT molecular complexity index is 936. The van der Waals surface area contributed by atoms with E-state index in [-0.39, 0.29) is 11.4 Å². The number of nitrogens with one attached hydrogen (secondary N) is 2. The van der Waals surface area contributed by atoms with Crippen LogP contribution in [0.2, 0.25) is 0 Å². The van der Waals surface area contributed by atoms with Gasteiger partial charge in [0.05, 0.1) is 5.69 Å². The van der Waals surface area contributed by atoms with Crippen LogP contribution in [0.25, 0.3) is 10.2 Å². The molecule has 0 spiro atoms. The topological polar surface area (TPSA) is 68.7 Å². The molecule has 2 heterocycles. The number of hydrogen-bond donors (Lipinski definition) is 2. The molecule has 0 amide bonds. The molecule has 0 aliphatic carbocycles. The fourth-order valence-corrected chi connectivity index (χ4v) is 3.02. The second kappa shape index (κ2) is 5.04. The molecule has 0 radical (unpaired) electrons. The molecular formula is C15H10FN3OS. The van der Waals surface area contributed by atoms with E-state index in [1.54, 1.807) is 25.1 Å². The minimum absolute atomic E-state index is 0.211. The fraction of sp³-hybridized carbons (Fsp3) is 0.0667. The van der Waals surface area contributed by atoms with Gasteiger partial charge < -0.3 is 10.3 Å². The first-order valence-corrected chi connectivity index (χ1v) is 6.99. The fourth-order valence-electron chi connectivity index (χ4n) is 2.08. The SMILES string of the molecule is Cc1cc(Nc2c(C#N)sc3[nH]c(=O)ccc23)ccc1F. The summed E-state index contributed by atoms with van der Waals surface area (Å²) >= 11 is 1.21. The third-order valence-electron chi connectivity index (χ3n) is 3.11. The highest BCUT2D eigenvalue weighted by Crippen LogP contribution is 2.35. The van der Waals surface area contributed by atoms with E-state index in [2.05, 4.69) is 16.4 Å². The Hall–Kier alpha value is -2.65. The number of thiophene rings is 1. The van der Waals surface area contributed by atoms with Crippen molar-refractivity contribution in [3.8, 4) is 6.07 Å². The number of halogens is 1. The molecule has 0 unspecified atom stereocenters. The first kappa shape index (κ1) is 13.3. The van der Waals surface area contributed by atoms with Gasteiger partial charge in [-0.1, -0.05) is 0 Å². The zero-order valence-electron chi connectivity index (χ0n) is 11.0. The molecule has 0 saturated carbocycles. The highest BCUT2D eigenvalue weighted by atomic mass is 32.1. The van der Waals surface area contributed by atoms with E-state index in [1.807, 2.05) is 0 Å². The average Bonchev–Trinajstić information content (AvgIpc) is 2.80. The van der Waals surface area contributed by atoms with Crippen molar-refractivity contribution in [2.24, 2.45) is 0 Å². The second-order valence-electron chi connectivity index (χ2n) is 4.57. The molecule has 0 atom stereocenters. The molecule has 0 fully saturated rings. The number of aromatic nitrogens is 1. The van der Waals surface area contributed by atoms with Crippen LogP contribution in [0.4, 0.5) is 15.8 Å². The summed E-state index contributed by atoms with van der Waals surface area (Å²) in [6.07, 6.45) is 0. The zero-order chi connectivity index (χ0) is 15.0. The standard InChI is InChI=1S/C15H10FN3OS/c1-8-6-9(2-4-11(8)16)18-14-10-3-5-13(20)19-15(10)21-12(14)7-17/h2-6,18H,1H3,(H,19,20). The number of nitriles is 1. The predicted molar refractivity (Wildman–Crippen MR) is 81.6 cm³/mol. The summed E-state index contributed by atoms with van der Waals surface area (Å²) in [6.45, 7) is 1.68. The third kappa shape index (κ3) is 2.39. The normalized spacial score (nSPS) is 10.5. The van der Waals surface area contributed by atoms with Crippen molar-refractivity contribution in [1.82, 2.24) is 4.98 Å². The van der Waals surface area contributed by atoms with Crippen molar-refractivity contribution in [1.29, 1.82) is 5.26 Å². The number of anilines is 2. The van der Waals surface area contributed by atoms with Crippen LogP contribution in [-0.2, 0) is 0 Å². The quantitative estimate of drug-likeness (QED) is 0.759. The number of H-pyrrole nitrogens is 1. The van der Waals surface area contributed by atoms with Crippen LogP contribution in [0.15, 0.2) is 35.1 Å². The third-order valence-corrected chi connectivity index (χ3v) is 4.14. The van der Waals surface area contributed by atoms with Gasteiger partial charge in [-0.15, -0.1) is 11.3 Å². The lowest BCUT2D eigenvalue weighted by molar-refractivity contribution is 0.619. The van der Waals surface area contributed by atoms with Gasteiger partial charge in [-0.2, -0.15) is 5.26 Å². The van der Waals surface area contributed by atoms with E-state index in [1.165, 1.54) is 23.5 Å². The average molecular weight is 299 g/mol. The summed E-state index contributed by atoms with van der Waals surface area (Å²) in [4.78, 5) is 15.1. The van der Waals surface area contributed by atoms with Gasteiger partial charge in [-0.05, 0) is 36.8 Å². The maximum Gasteiger partial charge on any atom is 0.249 e. The van der Waals surface area contributed by atoms with Crippen LogP contribution in [0.1, 0.15) is 10.4 Å². The monoisotopic (exact) mass is 299 g/mol.